The van der Waals surface area contributed by atoms with E-state index < -0.39 is 15.1 Å². The van der Waals surface area contributed by atoms with E-state index in [0.717, 1.165) is 12.8 Å². The molecule has 0 bridgehead atoms. The van der Waals surface area contributed by atoms with Crippen molar-refractivity contribution in [3.05, 3.63) is 0 Å². The first-order valence-corrected chi connectivity index (χ1v) is 8.80. The number of carbonyl (C=O) groups is 1. The molecule has 0 saturated carbocycles. The summed E-state index contributed by atoms with van der Waals surface area (Å²) in [7, 11) is -3.24. The van der Waals surface area contributed by atoms with Crippen LogP contribution in [-0.4, -0.2) is 48.7 Å². The Labute approximate surface area is 114 Å². The average molecular weight is 294 g/mol. The molecule has 0 spiro atoms. The monoisotopic (exact) mass is 293 g/mol. The van der Waals surface area contributed by atoms with Crippen LogP contribution in [0.15, 0.2) is 0 Å². The summed E-state index contributed by atoms with van der Waals surface area (Å²) in [4.78, 5) is 14.1. The maximum atomic E-state index is 12.4. The van der Waals surface area contributed by atoms with Gasteiger partial charge in [0.25, 0.3) is 0 Å². The third-order valence-corrected chi connectivity index (χ3v) is 6.66. The van der Waals surface area contributed by atoms with Crippen LogP contribution in [0.3, 0.4) is 0 Å². The zero-order chi connectivity index (χ0) is 13.3. The highest BCUT2D eigenvalue weighted by Gasteiger charge is 2.42. The number of hydrogen-bond donors (Lipinski definition) is 0. The normalized spacial score (nSPS) is 35.7. The number of alkyl halides is 1. The van der Waals surface area contributed by atoms with Crippen LogP contribution < -0.4 is 0 Å². The number of amides is 1. The van der Waals surface area contributed by atoms with Gasteiger partial charge in [-0.15, -0.1) is 11.6 Å². The van der Waals surface area contributed by atoms with Gasteiger partial charge in [0.1, 0.15) is 5.25 Å². The molecule has 3 atom stereocenters. The number of halogens is 1. The van der Waals surface area contributed by atoms with Crippen molar-refractivity contribution in [2.24, 2.45) is 5.92 Å². The predicted molar refractivity (Wildman–Crippen MR) is 71.4 cm³/mol. The molecule has 0 aromatic heterocycles. The molecule has 2 fully saturated rings. The molecule has 2 heterocycles. The molecule has 3 unspecified atom stereocenters. The molecule has 104 valence electrons. The Morgan fingerprint density at radius 1 is 1.33 bits per heavy atom. The first kappa shape index (κ1) is 14.1. The Hall–Kier alpha value is -0.290. The molecule has 4 nitrogen and oxygen atoms in total. The zero-order valence-electron chi connectivity index (χ0n) is 10.6. The molecule has 2 rings (SSSR count). The number of sulfone groups is 1. The molecule has 0 N–H and O–H groups in total. The molecule has 2 aliphatic rings. The van der Waals surface area contributed by atoms with Gasteiger partial charge in [-0.25, -0.2) is 8.42 Å². The largest absolute Gasteiger partial charge is 0.337 e. The molecule has 1 amide bonds. The minimum Gasteiger partial charge on any atom is -0.337 e. The Balaban J connectivity index is 2.16. The zero-order valence-corrected chi connectivity index (χ0v) is 12.2. The Kier molecular flexibility index (Phi) is 4.22. The topological polar surface area (TPSA) is 54.5 Å². The fraction of sp³-hybridized carbons (Fsp3) is 0.917. The summed E-state index contributed by atoms with van der Waals surface area (Å²) < 4.78 is 24.0. The molecule has 18 heavy (non-hydrogen) atoms. The summed E-state index contributed by atoms with van der Waals surface area (Å²) in [5, 5.41) is -0.817. The fourth-order valence-electron chi connectivity index (χ4n) is 2.93. The number of rotatable bonds is 2. The quantitative estimate of drug-likeness (QED) is 0.724. The summed E-state index contributed by atoms with van der Waals surface area (Å²) in [6, 6.07) is -0.00343. The minimum absolute atomic E-state index is 0.00343. The summed E-state index contributed by atoms with van der Waals surface area (Å²) in [6.45, 7) is 2.71. The van der Waals surface area contributed by atoms with E-state index in [4.69, 9.17) is 11.6 Å². The lowest BCUT2D eigenvalue weighted by atomic mass is 10.0. The lowest BCUT2D eigenvalue weighted by Gasteiger charge is -2.30. The molecular weight excluding hydrogens is 274 g/mol. The first-order chi connectivity index (χ1) is 8.47. The summed E-state index contributed by atoms with van der Waals surface area (Å²) in [5.74, 6) is 0.681. The summed E-state index contributed by atoms with van der Waals surface area (Å²) >= 11 is 5.91. The average Bonchev–Trinajstić information content (AvgIpc) is 2.69. The van der Waals surface area contributed by atoms with Crippen LogP contribution >= 0.6 is 11.6 Å². The van der Waals surface area contributed by atoms with Crippen molar-refractivity contribution in [3.8, 4) is 0 Å². The van der Waals surface area contributed by atoms with E-state index >= 15 is 0 Å². The maximum absolute atomic E-state index is 12.4. The van der Waals surface area contributed by atoms with Crippen molar-refractivity contribution in [2.45, 2.75) is 43.9 Å². The van der Waals surface area contributed by atoms with E-state index in [0.29, 0.717) is 31.2 Å². The van der Waals surface area contributed by atoms with Gasteiger partial charge < -0.3 is 4.90 Å². The second-order valence-corrected chi connectivity index (χ2v) is 7.98. The van der Waals surface area contributed by atoms with E-state index in [2.05, 4.69) is 6.92 Å². The van der Waals surface area contributed by atoms with Gasteiger partial charge in [-0.1, -0.05) is 13.3 Å². The number of hydrogen-bond acceptors (Lipinski definition) is 3. The van der Waals surface area contributed by atoms with Gasteiger partial charge >= 0.3 is 0 Å². The van der Waals surface area contributed by atoms with Gasteiger partial charge in [-0.2, -0.15) is 0 Å². The minimum atomic E-state index is -3.24. The summed E-state index contributed by atoms with van der Waals surface area (Å²) in [5.41, 5.74) is 0. The van der Waals surface area contributed by atoms with Gasteiger partial charge in [0.2, 0.25) is 5.91 Å². The van der Waals surface area contributed by atoms with Crippen molar-refractivity contribution in [1.29, 1.82) is 0 Å². The van der Waals surface area contributed by atoms with Gasteiger partial charge in [-0.3, -0.25) is 4.79 Å². The third kappa shape index (κ3) is 2.52. The second-order valence-electron chi connectivity index (χ2n) is 5.37. The van der Waals surface area contributed by atoms with Crippen molar-refractivity contribution in [3.63, 3.8) is 0 Å². The summed E-state index contributed by atoms with van der Waals surface area (Å²) in [6.07, 6.45) is 2.89. The van der Waals surface area contributed by atoms with Crippen molar-refractivity contribution in [2.75, 3.05) is 18.2 Å². The van der Waals surface area contributed by atoms with Crippen LogP contribution in [0.4, 0.5) is 0 Å². The first-order valence-electron chi connectivity index (χ1n) is 6.55. The van der Waals surface area contributed by atoms with Crippen LogP contribution in [-0.2, 0) is 14.6 Å². The molecule has 0 aromatic rings. The third-order valence-electron chi connectivity index (χ3n) is 4.18. The van der Waals surface area contributed by atoms with Crippen molar-refractivity contribution >= 4 is 27.3 Å². The number of carbonyl (C=O) groups excluding carboxylic acids is 1. The van der Waals surface area contributed by atoms with E-state index in [1.54, 1.807) is 4.90 Å². The lowest BCUT2D eigenvalue weighted by Crippen LogP contribution is -2.48. The molecule has 0 aliphatic carbocycles. The number of likely N-dealkylation sites (tertiary alicyclic amines) is 1. The highest BCUT2D eigenvalue weighted by molar-refractivity contribution is 7.92. The maximum Gasteiger partial charge on any atom is 0.241 e. The van der Waals surface area contributed by atoms with E-state index in [1.165, 1.54) is 0 Å². The number of nitrogens with zero attached hydrogens (tertiary/aromatic N) is 1. The molecule has 0 aromatic carbocycles. The second kappa shape index (κ2) is 5.37. The van der Waals surface area contributed by atoms with E-state index in [1.807, 2.05) is 0 Å². The molecule has 6 heteroatoms. The van der Waals surface area contributed by atoms with Crippen LogP contribution in [0.1, 0.15) is 32.6 Å². The Morgan fingerprint density at radius 2 is 2.06 bits per heavy atom. The highest BCUT2D eigenvalue weighted by atomic mass is 35.5. The van der Waals surface area contributed by atoms with Crippen LogP contribution in [0.25, 0.3) is 0 Å². The smallest absolute Gasteiger partial charge is 0.241 e. The van der Waals surface area contributed by atoms with Crippen molar-refractivity contribution in [1.82, 2.24) is 4.90 Å². The lowest BCUT2D eigenvalue weighted by molar-refractivity contribution is -0.131. The molecule has 2 saturated heterocycles. The molecule has 2 aliphatic heterocycles. The highest BCUT2D eigenvalue weighted by Crippen LogP contribution is 2.29. The molecular formula is C12H20ClNO3S. The van der Waals surface area contributed by atoms with Gasteiger partial charge in [-0.05, 0) is 25.2 Å². The standard InChI is InChI=1S/C12H20ClNO3S/c1-9-5-6-14(10(9)8-13)12(15)11-4-2-3-7-18(11,16)17/h9-11H,2-8H2,1H3. The van der Waals surface area contributed by atoms with Gasteiger partial charge in [0.05, 0.1) is 5.75 Å². The van der Waals surface area contributed by atoms with Crippen molar-refractivity contribution < 1.29 is 13.2 Å². The van der Waals surface area contributed by atoms with Crippen LogP contribution in [0, 0.1) is 5.92 Å². The Bertz CT molecular complexity index is 423. The Morgan fingerprint density at radius 3 is 2.67 bits per heavy atom. The van der Waals surface area contributed by atoms with E-state index in [-0.39, 0.29) is 17.7 Å². The van der Waals surface area contributed by atoms with Crippen LogP contribution in [0.5, 0.6) is 0 Å². The SMILES string of the molecule is CC1CCN(C(=O)C2CCCCS2(=O)=O)C1CCl. The van der Waals surface area contributed by atoms with Gasteiger partial charge in [0.15, 0.2) is 9.84 Å². The molecule has 0 radical (unpaired) electrons. The van der Waals surface area contributed by atoms with Gasteiger partial charge in [0, 0.05) is 18.5 Å². The van der Waals surface area contributed by atoms with E-state index in [9.17, 15) is 13.2 Å². The predicted octanol–water partition coefficient (Wildman–Crippen LogP) is 1.43. The fourth-order valence-corrected chi connectivity index (χ4v) is 5.26. The van der Waals surface area contributed by atoms with Crippen LogP contribution in [0.2, 0.25) is 0 Å².